The van der Waals surface area contributed by atoms with E-state index >= 15 is 0 Å². The third-order valence-electron chi connectivity index (χ3n) is 3.44. The molecule has 0 saturated heterocycles. The van der Waals surface area contributed by atoms with Gasteiger partial charge in [0, 0.05) is 12.7 Å². The van der Waals surface area contributed by atoms with Gasteiger partial charge in [0.2, 0.25) is 10.0 Å². The van der Waals surface area contributed by atoms with Crippen LogP contribution in [0.15, 0.2) is 17.3 Å². The molecule has 120 valence electrons. The summed E-state index contributed by atoms with van der Waals surface area (Å²) in [6, 6.07) is 0. The zero-order valence-electron chi connectivity index (χ0n) is 12.8. The number of carboxylic acid groups (broad SMARTS) is 1. The number of rotatable bonds is 8. The standard InChI is InChI=1S/C13H23N3O4S/c1-9(2)12(10(3)4)6-15-21(19,20)11-5-14-16(7-11)8-13(17)18/h5,7,9-10,12,15H,6,8H2,1-4H3,(H,17,18). The van der Waals surface area contributed by atoms with Gasteiger partial charge in [-0.3, -0.25) is 9.48 Å². The zero-order chi connectivity index (χ0) is 16.2. The van der Waals surface area contributed by atoms with Crippen LogP contribution in [0.4, 0.5) is 0 Å². The molecule has 0 aromatic carbocycles. The molecule has 21 heavy (non-hydrogen) atoms. The fourth-order valence-electron chi connectivity index (χ4n) is 2.24. The van der Waals surface area contributed by atoms with Gasteiger partial charge in [-0.25, -0.2) is 13.1 Å². The smallest absolute Gasteiger partial charge is 0.325 e. The maximum atomic E-state index is 12.2. The molecule has 0 aliphatic heterocycles. The van der Waals surface area contributed by atoms with Crippen molar-refractivity contribution in [2.45, 2.75) is 39.1 Å². The molecule has 0 bridgehead atoms. The first-order valence-electron chi connectivity index (χ1n) is 6.87. The Bertz CT molecular complexity index is 570. The Labute approximate surface area is 125 Å². The van der Waals surface area contributed by atoms with Gasteiger partial charge < -0.3 is 5.11 Å². The van der Waals surface area contributed by atoms with Crippen molar-refractivity contribution in [1.82, 2.24) is 14.5 Å². The van der Waals surface area contributed by atoms with Gasteiger partial charge in [-0.1, -0.05) is 27.7 Å². The van der Waals surface area contributed by atoms with Crippen LogP contribution in [-0.4, -0.2) is 35.8 Å². The number of hydrogen-bond donors (Lipinski definition) is 2. The first-order chi connectivity index (χ1) is 9.63. The summed E-state index contributed by atoms with van der Waals surface area (Å²) in [5.41, 5.74) is 0. The van der Waals surface area contributed by atoms with Gasteiger partial charge in [0.1, 0.15) is 11.4 Å². The molecule has 1 aromatic rings. The third-order valence-corrected chi connectivity index (χ3v) is 4.82. The van der Waals surface area contributed by atoms with Crippen LogP contribution in [0.2, 0.25) is 0 Å². The lowest BCUT2D eigenvalue weighted by Gasteiger charge is -2.24. The van der Waals surface area contributed by atoms with E-state index in [4.69, 9.17) is 5.11 Å². The molecule has 0 aliphatic carbocycles. The van der Waals surface area contributed by atoms with Gasteiger partial charge >= 0.3 is 5.97 Å². The topological polar surface area (TPSA) is 101 Å². The Morgan fingerprint density at radius 1 is 1.33 bits per heavy atom. The largest absolute Gasteiger partial charge is 0.480 e. The van der Waals surface area contributed by atoms with E-state index in [-0.39, 0.29) is 17.4 Å². The predicted molar refractivity (Wildman–Crippen MR) is 78.2 cm³/mol. The monoisotopic (exact) mass is 317 g/mol. The van der Waals surface area contributed by atoms with Crippen LogP contribution >= 0.6 is 0 Å². The van der Waals surface area contributed by atoms with Crippen LogP contribution in [0, 0.1) is 17.8 Å². The van der Waals surface area contributed by atoms with Crippen molar-refractivity contribution in [3.63, 3.8) is 0 Å². The predicted octanol–water partition coefficient (Wildman–Crippen LogP) is 1.17. The molecule has 0 amide bonds. The summed E-state index contributed by atoms with van der Waals surface area (Å²) < 4.78 is 28.0. The highest BCUT2D eigenvalue weighted by Gasteiger charge is 2.22. The van der Waals surface area contributed by atoms with Crippen molar-refractivity contribution in [1.29, 1.82) is 0 Å². The molecule has 1 aromatic heterocycles. The molecule has 0 spiro atoms. The molecule has 1 heterocycles. The molecule has 0 saturated carbocycles. The van der Waals surface area contributed by atoms with Crippen LogP contribution in [0.3, 0.4) is 0 Å². The Balaban J connectivity index is 2.77. The fourth-order valence-corrected chi connectivity index (χ4v) is 3.26. The second kappa shape index (κ2) is 7.04. The number of sulfonamides is 1. The van der Waals surface area contributed by atoms with Crippen LogP contribution in [0.5, 0.6) is 0 Å². The van der Waals surface area contributed by atoms with Crippen LogP contribution in [0.25, 0.3) is 0 Å². The highest BCUT2D eigenvalue weighted by atomic mass is 32.2. The molecule has 0 fully saturated rings. The zero-order valence-corrected chi connectivity index (χ0v) is 13.6. The van der Waals surface area contributed by atoms with E-state index in [1.54, 1.807) is 0 Å². The van der Waals surface area contributed by atoms with Gasteiger partial charge in [-0.05, 0) is 17.8 Å². The summed E-state index contributed by atoms with van der Waals surface area (Å²) in [4.78, 5) is 10.5. The molecular weight excluding hydrogens is 294 g/mol. The summed E-state index contributed by atoms with van der Waals surface area (Å²) in [5, 5.41) is 12.4. The summed E-state index contributed by atoms with van der Waals surface area (Å²) in [6.07, 6.45) is 2.38. The number of nitrogens with zero attached hydrogens (tertiary/aromatic N) is 2. The molecule has 8 heteroatoms. The Kier molecular flexibility index (Phi) is 5.91. The van der Waals surface area contributed by atoms with Crippen molar-refractivity contribution in [3.05, 3.63) is 12.4 Å². The average molecular weight is 317 g/mol. The minimum absolute atomic E-state index is 0.0185. The summed E-state index contributed by atoms with van der Waals surface area (Å²) in [5.74, 6) is -0.117. The van der Waals surface area contributed by atoms with Crippen LogP contribution in [0.1, 0.15) is 27.7 Å². The summed E-state index contributed by atoms with van der Waals surface area (Å²) >= 11 is 0. The van der Waals surface area contributed by atoms with Crippen LogP contribution < -0.4 is 4.72 Å². The third kappa shape index (κ3) is 5.13. The van der Waals surface area contributed by atoms with Crippen LogP contribution in [-0.2, 0) is 21.4 Å². The second-order valence-corrected chi connectivity index (χ2v) is 7.54. The molecule has 0 aliphatic rings. The Morgan fingerprint density at radius 3 is 2.38 bits per heavy atom. The van der Waals surface area contributed by atoms with E-state index in [2.05, 4.69) is 37.5 Å². The lowest BCUT2D eigenvalue weighted by Crippen LogP contribution is -2.33. The van der Waals surface area contributed by atoms with Crippen molar-refractivity contribution < 1.29 is 18.3 Å². The van der Waals surface area contributed by atoms with Gasteiger partial charge in [-0.2, -0.15) is 5.10 Å². The normalized spacial score (nSPS) is 12.5. The first-order valence-corrected chi connectivity index (χ1v) is 8.35. The van der Waals surface area contributed by atoms with E-state index in [0.717, 1.165) is 10.9 Å². The molecule has 1 rings (SSSR count). The summed E-state index contributed by atoms with van der Waals surface area (Å²) in [7, 11) is -3.66. The van der Waals surface area contributed by atoms with Gasteiger partial charge in [-0.15, -0.1) is 0 Å². The highest BCUT2D eigenvalue weighted by Crippen LogP contribution is 2.20. The number of aliphatic carboxylic acids is 1. The molecule has 0 unspecified atom stereocenters. The second-order valence-electron chi connectivity index (χ2n) is 5.77. The number of carboxylic acids is 1. The van der Waals surface area contributed by atoms with Crippen molar-refractivity contribution >= 4 is 16.0 Å². The minimum atomic E-state index is -3.66. The molecule has 0 radical (unpaired) electrons. The van der Waals surface area contributed by atoms with Gasteiger partial charge in [0.25, 0.3) is 0 Å². The first kappa shape index (κ1) is 17.6. The number of aromatic nitrogens is 2. The van der Waals surface area contributed by atoms with E-state index in [9.17, 15) is 13.2 Å². The van der Waals surface area contributed by atoms with E-state index < -0.39 is 16.0 Å². The lowest BCUT2D eigenvalue weighted by atomic mass is 9.86. The van der Waals surface area contributed by atoms with E-state index in [0.29, 0.717) is 18.4 Å². The number of nitrogens with one attached hydrogen (secondary N) is 1. The number of hydrogen-bond acceptors (Lipinski definition) is 4. The molecule has 2 N–H and O–H groups in total. The molecule has 0 atom stereocenters. The maximum absolute atomic E-state index is 12.2. The van der Waals surface area contributed by atoms with Crippen molar-refractivity contribution in [2.75, 3.05) is 6.54 Å². The van der Waals surface area contributed by atoms with Gasteiger partial charge in [0.05, 0.1) is 6.20 Å². The Hall–Kier alpha value is -1.41. The molecular formula is C13H23N3O4S. The SMILES string of the molecule is CC(C)C(CNS(=O)(=O)c1cnn(CC(=O)O)c1)C(C)C. The van der Waals surface area contributed by atoms with Crippen molar-refractivity contribution in [3.8, 4) is 0 Å². The lowest BCUT2D eigenvalue weighted by molar-refractivity contribution is -0.137. The average Bonchev–Trinajstić information content (AvgIpc) is 2.76. The van der Waals surface area contributed by atoms with Crippen molar-refractivity contribution in [2.24, 2.45) is 17.8 Å². The number of carbonyl (C=O) groups is 1. The van der Waals surface area contributed by atoms with E-state index in [1.807, 2.05) is 0 Å². The minimum Gasteiger partial charge on any atom is -0.480 e. The molecule has 7 nitrogen and oxygen atoms in total. The quantitative estimate of drug-likeness (QED) is 0.749. The fraction of sp³-hybridized carbons (Fsp3) is 0.692. The van der Waals surface area contributed by atoms with E-state index in [1.165, 1.54) is 6.20 Å². The maximum Gasteiger partial charge on any atom is 0.325 e. The van der Waals surface area contributed by atoms with Gasteiger partial charge in [0.15, 0.2) is 0 Å². The Morgan fingerprint density at radius 2 is 1.90 bits per heavy atom. The highest BCUT2D eigenvalue weighted by molar-refractivity contribution is 7.89. The summed E-state index contributed by atoms with van der Waals surface area (Å²) in [6.45, 7) is 8.22.